The summed E-state index contributed by atoms with van der Waals surface area (Å²) in [6.45, 7) is 4.96. The van der Waals surface area contributed by atoms with Gasteiger partial charge in [-0.25, -0.2) is 0 Å². The highest BCUT2D eigenvalue weighted by Crippen LogP contribution is 2.36. The summed E-state index contributed by atoms with van der Waals surface area (Å²) >= 11 is 7.07. The first-order valence-electron chi connectivity index (χ1n) is 8.92. The van der Waals surface area contributed by atoms with Crippen LogP contribution in [0, 0.1) is 0 Å². The van der Waals surface area contributed by atoms with E-state index in [2.05, 4.69) is 0 Å². The Labute approximate surface area is 173 Å². The van der Waals surface area contributed by atoms with Gasteiger partial charge in [0.2, 0.25) is 0 Å². The zero-order valence-electron chi connectivity index (χ0n) is 15.6. The second-order valence-electron chi connectivity index (χ2n) is 5.92. The monoisotopic (exact) mass is 417 g/mol. The third kappa shape index (κ3) is 4.51. The minimum Gasteiger partial charge on any atom is -0.494 e. The molecule has 0 N–H and O–H groups in total. The van der Waals surface area contributed by atoms with Crippen molar-refractivity contribution in [3.63, 3.8) is 0 Å². The Hall–Kier alpha value is -2.44. The molecule has 1 heterocycles. The molecule has 1 fully saturated rings. The minimum atomic E-state index is -0.341. The number of carbonyl (C=O) groups excluding carboxylic acids is 2. The molecular weight excluding hydrogens is 398 g/mol. The summed E-state index contributed by atoms with van der Waals surface area (Å²) in [5.41, 5.74) is 1.44. The van der Waals surface area contributed by atoms with Gasteiger partial charge in [0, 0.05) is 16.7 Å². The van der Waals surface area contributed by atoms with Crippen LogP contribution in [0.25, 0.3) is 6.08 Å². The summed E-state index contributed by atoms with van der Waals surface area (Å²) in [7, 11) is 0. The first kappa shape index (κ1) is 20.3. The summed E-state index contributed by atoms with van der Waals surface area (Å²) in [4.78, 5) is 26.7. The normalized spacial score (nSPS) is 15.4. The Bertz CT molecular complexity index is 928. The Morgan fingerprint density at radius 3 is 2.54 bits per heavy atom. The molecule has 0 unspecified atom stereocenters. The lowest BCUT2D eigenvalue weighted by Crippen LogP contribution is -2.27. The van der Waals surface area contributed by atoms with Crippen molar-refractivity contribution in [3.8, 4) is 11.5 Å². The Morgan fingerprint density at radius 2 is 1.82 bits per heavy atom. The summed E-state index contributed by atoms with van der Waals surface area (Å²) < 4.78 is 11.2. The molecule has 0 spiro atoms. The Morgan fingerprint density at radius 1 is 1.07 bits per heavy atom. The van der Waals surface area contributed by atoms with Gasteiger partial charge < -0.3 is 9.47 Å². The molecule has 1 aliphatic rings. The summed E-state index contributed by atoms with van der Waals surface area (Å²) in [5, 5.41) is 0.204. The van der Waals surface area contributed by atoms with Crippen molar-refractivity contribution in [1.29, 1.82) is 0 Å². The fourth-order valence-corrected chi connectivity index (χ4v) is 3.77. The molecule has 0 atom stereocenters. The molecule has 0 bridgehead atoms. The van der Waals surface area contributed by atoms with Crippen LogP contribution < -0.4 is 9.47 Å². The maximum absolute atomic E-state index is 12.8. The van der Waals surface area contributed by atoms with E-state index in [0.29, 0.717) is 40.2 Å². The number of carbonyl (C=O) groups is 2. The van der Waals surface area contributed by atoms with Crippen LogP contribution in [0.4, 0.5) is 4.79 Å². The Kier molecular flexibility index (Phi) is 6.65. The highest BCUT2D eigenvalue weighted by molar-refractivity contribution is 8.18. The summed E-state index contributed by atoms with van der Waals surface area (Å²) in [6, 6.07) is 12.6. The van der Waals surface area contributed by atoms with Gasteiger partial charge in [0.1, 0.15) is 11.5 Å². The van der Waals surface area contributed by atoms with E-state index in [1.54, 1.807) is 30.3 Å². The first-order chi connectivity index (χ1) is 13.5. The lowest BCUT2D eigenvalue weighted by molar-refractivity contribution is -0.123. The smallest absolute Gasteiger partial charge is 0.293 e. The van der Waals surface area contributed by atoms with Crippen LogP contribution in [0.2, 0.25) is 5.02 Å². The molecule has 0 aliphatic carbocycles. The molecule has 2 aromatic carbocycles. The van der Waals surface area contributed by atoms with Crippen molar-refractivity contribution >= 4 is 40.6 Å². The van der Waals surface area contributed by atoms with E-state index in [0.717, 1.165) is 17.3 Å². The number of ether oxygens (including phenoxy) is 2. The third-order valence-corrected chi connectivity index (χ3v) is 5.32. The van der Waals surface area contributed by atoms with Gasteiger partial charge >= 0.3 is 0 Å². The zero-order chi connectivity index (χ0) is 20.1. The van der Waals surface area contributed by atoms with Gasteiger partial charge in [-0.1, -0.05) is 29.8 Å². The molecule has 28 heavy (non-hydrogen) atoms. The molecular formula is C21H20ClNO4S. The fourth-order valence-electron chi connectivity index (χ4n) is 2.75. The standard InChI is InChI=1S/C21H20ClNO4S/c1-3-26-16-10-9-14(18(12-16)27-4-2)11-19-20(24)23(21(25)28-19)13-15-7-5-6-8-17(15)22/h5-12H,3-4,13H2,1-2H3/b19-11+. The Balaban J connectivity index is 1.86. The molecule has 146 valence electrons. The average Bonchev–Trinajstić information content (AvgIpc) is 2.93. The van der Waals surface area contributed by atoms with Crippen molar-refractivity contribution in [2.75, 3.05) is 13.2 Å². The molecule has 1 aliphatic heterocycles. The lowest BCUT2D eigenvalue weighted by Gasteiger charge is -2.13. The number of thioether (sulfide) groups is 1. The molecule has 0 radical (unpaired) electrons. The van der Waals surface area contributed by atoms with Gasteiger partial charge in [0.25, 0.3) is 11.1 Å². The SMILES string of the molecule is CCOc1ccc(/C=C2/SC(=O)N(Cc3ccccc3Cl)C2=O)c(OCC)c1. The van der Waals surface area contributed by atoms with E-state index < -0.39 is 0 Å². The van der Waals surface area contributed by atoms with E-state index >= 15 is 0 Å². The van der Waals surface area contributed by atoms with E-state index in [1.807, 2.05) is 32.0 Å². The molecule has 1 saturated heterocycles. The van der Waals surface area contributed by atoms with Gasteiger partial charge in [-0.3, -0.25) is 14.5 Å². The molecule has 5 nitrogen and oxygen atoms in total. The van der Waals surface area contributed by atoms with Crippen LogP contribution >= 0.6 is 23.4 Å². The van der Waals surface area contributed by atoms with E-state index in [-0.39, 0.29) is 17.7 Å². The van der Waals surface area contributed by atoms with Crippen LogP contribution in [-0.2, 0) is 11.3 Å². The number of nitrogens with zero attached hydrogens (tertiary/aromatic N) is 1. The number of amides is 2. The number of hydrogen-bond acceptors (Lipinski definition) is 5. The molecule has 3 rings (SSSR count). The van der Waals surface area contributed by atoms with Gasteiger partial charge in [-0.2, -0.15) is 0 Å². The van der Waals surface area contributed by atoms with Crippen molar-refractivity contribution in [2.45, 2.75) is 20.4 Å². The van der Waals surface area contributed by atoms with Crippen LogP contribution in [0.15, 0.2) is 47.4 Å². The average molecular weight is 418 g/mol. The van der Waals surface area contributed by atoms with E-state index in [9.17, 15) is 9.59 Å². The minimum absolute atomic E-state index is 0.142. The first-order valence-corrected chi connectivity index (χ1v) is 10.1. The largest absolute Gasteiger partial charge is 0.494 e. The van der Waals surface area contributed by atoms with Crippen molar-refractivity contribution in [1.82, 2.24) is 4.90 Å². The third-order valence-electron chi connectivity index (χ3n) is 4.04. The highest BCUT2D eigenvalue weighted by atomic mass is 35.5. The highest BCUT2D eigenvalue weighted by Gasteiger charge is 2.35. The van der Waals surface area contributed by atoms with Gasteiger partial charge in [0.15, 0.2) is 0 Å². The molecule has 2 amide bonds. The lowest BCUT2D eigenvalue weighted by atomic mass is 10.1. The van der Waals surface area contributed by atoms with Crippen LogP contribution in [0.5, 0.6) is 11.5 Å². The van der Waals surface area contributed by atoms with Crippen molar-refractivity contribution in [3.05, 3.63) is 63.5 Å². The van der Waals surface area contributed by atoms with Crippen LogP contribution in [0.3, 0.4) is 0 Å². The van der Waals surface area contributed by atoms with Crippen LogP contribution in [0.1, 0.15) is 25.0 Å². The van der Waals surface area contributed by atoms with Gasteiger partial charge in [-0.05, 0) is 55.4 Å². The molecule has 0 saturated carbocycles. The van der Waals surface area contributed by atoms with Gasteiger partial charge in [0.05, 0.1) is 24.7 Å². The summed E-state index contributed by atoms with van der Waals surface area (Å²) in [6.07, 6.45) is 1.68. The maximum atomic E-state index is 12.8. The molecule has 2 aromatic rings. The fraction of sp³-hybridized carbons (Fsp3) is 0.238. The number of halogens is 1. The van der Waals surface area contributed by atoms with Crippen LogP contribution in [-0.4, -0.2) is 29.3 Å². The molecule has 7 heteroatoms. The number of benzene rings is 2. The second-order valence-corrected chi connectivity index (χ2v) is 7.33. The van der Waals surface area contributed by atoms with Gasteiger partial charge in [-0.15, -0.1) is 0 Å². The maximum Gasteiger partial charge on any atom is 0.293 e. The van der Waals surface area contributed by atoms with E-state index in [4.69, 9.17) is 21.1 Å². The van der Waals surface area contributed by atoms with Crippen molar-refractivity contribution in [2.24, 2.45) is 0 Å². The zero-order valence-corrected chi connectivity index (χ0v) is 17.2. The second kappa shape index (κ2) is 9.17. The van der Waals surface area contributed by atoms with Crippen molar-refractivity contribution < 1.29 is 19.1 Å². The number of rotatable bonds is 7. The quantitative estimate of drug-likeness (QED) is 0.566. The number of imide groups is 1. The number of hydrogen-bond donors (Lipinski definition) is 0. The predicted octanol–water partition coefficient (Wildman–Crippen LogP) is 5.37. The predicted molar refractivity (Wildman–Crippen MR) is 112 cm³/mol. The van der Waals surface area contributed by atoms with E-state index in [1.165, 1.54) is 4.90 Å². The summed E-state index contributed by atoms with van der Waals surface area (Å²) in [5.74, 6) is 0.951. The molecule has 0 aromatic heterocycles. The topological polar surface area (TPSA) is 55.8 Å².